The van der Waals surface area contributed by atoms with E-state index < -0.39 is 35.3 Å². The second-order valence-electron chi connectivity index (χ2n) is 8.90. The molecule has 1 amide bonds. The summed E-state index contributed by atoms with van der Waals surface area (Å²) in [7, 11) is 0. The maximum absolute atomic E-state index is 13.8. The Morgan fingerprint density at radius 1 is 1.14 bits per heavy atom. The van der Waals surface area contributed by atoms with Crippen molar-refractivity contribution in [3.8, 4) is 0 Å². The molecule has 1 fully saturated rings. The van der Waals surface area contributed by atoms with E-state index in [0.717, 1.165) is 10.5 Å². The Balaban J connectivity index is 1.98. The molecule has 190 valence electrons. The van der Waals surface area contributed by atoms with Crippen LogP contribution in [0.2, 0.25) is 10.0 Å². The van der Waals surface area contributed by atoms with Crippen molar-refractivity contribution in [3.63, 3.8) is 0 Å². The molecule has 10 heteroatoms. The number of aryl methyl sites for hydroxylation is 1. The number of cyclic esters (lactones) is 1. The molecule has 1 aliphatic rings. The molecule has 3 unspecified atom stereocenters. The van der Waals surface area contributed by atoms with Gasteiger partial charge in [-0.05, 0) is 55.2 Å². The van der Waals surface area contributed by atoms with Gasteiger partial charge in [-0.15, -0.1) is 0 Å². The third-order valence-corrected chi connectivity index (χ3v) is 6.84. The Morgan fingerprint density at radius 3 is 2.29 bits per heavy atom. The SMILES string of the molecule is CCC(N(Cc1ccc(Cl)cc1)C(=O)C1(CCc2cccc(Cl)c2)CC(=O)O1)C(C)(O)C(F)(F)F. The van der Waals surface area contributed by atoms with Crippen molar-refractivity contribution in [1.82, 2.24) is 4.90 Å². The van der Waals surface area contributed by atoms with E-state index in [0.29, 0.717) is 29.0 Å². The Hall–Kier alpha value is -2.29. The smallest absolute Gasteiger partial charge is 0.418 e. The number of hydrogen-bond donors (Lipinski definition) is 1. The van der Waals surface area contributed by atoms with E-state index in [1.54, 1.807) is 48.5 Å². The molecular weight excluding hydrogens is 506 g/mol. The van der Waals surface area contributed by atoms with Gasteiger partial charge in [0.2, 0.25) is 5.60 Å². The Morgan fingerprint density at radius 2 is 1.77 bits per heavy atom. The van der Waals surface area contributed by atoms with Crippen LogP contribution in [0.4, 0.5) is 13.2 Å². The van der Waals surface area contributed by atoms with Crippen molar-refractivity contribution in [2.45, 2.75) is 69.5 Å². The highest BCUT2D eigenvalue weighted by atomic mass is 35.5. The van der Waals surface area contributed by atoms with Gasteiger partial charge in [-0.25, -0.2) is 0 Å². The minimum absolute atomic E-state index is 0.0552. The molecule has 3 atom stereocenters. The minimum atomic E-state index is -5.00. The Bertz CT molecular complexity index is 1070. The third-order valence-electron chi connectivity index (χ3n) is 6.35. The summed E-state index contributed by atoms with van der Waals surface area (Å²) in [6.45, 7) is 1.87. The van der Waals surface area contributed by atoms with Gasteiger partial charge < -0.3 is 14.7 Å². The van der Waals surface area contributed by atoms with Gasteiger partial charge in [0.25, 0.3) is 5.91 Å². The van der Waals surface area contributed by atoms with Crippen LogP contribution in [-0.2, 0) is 27.3 Å². The molecule has 0 spiro atoms. The molecule has 35 heavy (non-hydrogen) atoms. The van der Waals surface area contributed by atoms with Crippen LogP contribution in [0.5, 0.6) is 0 Å². The number of alkyl halides is 3. The number of benzene rings is 2. The van der Waals surface area contributed by atoms with Crippen molar-refractivity contribution >= 4 is 35.1 Å². The normalized spacial score (nSPS) is 20.4. The highest BCUT2D eigenvalue weighted by Gasteiger charge is 2.60. The second-order valence-corrected chi connectivity index (χ2v) is 9.78. The lowest BCUT2D eigenvalue weighted by atomic mass is 9.83. The number of amides is 1. The molecular formula is C25H26Cl2F3NO4. The first kappa shape index (κ1) is 27.3. The van der Waals surface area contributed by atoms with Crippen molar-refractivity contribution in [3.05, 3.63) is 69.7 Å². The number of halogens is 5. The van der Waals surface area contributed by atoms with E-state index in [-0.39, 0.29) is 25.8 Å². The average Bonchev–Trinajstić information content (AvgIpc) is 2.75. The van der Waals surface area contributed by atoms with Crippen LogP contribution in [0.25, 0.3) is 0 Å². The highest BCUT2D eigenvalue weighted by molar-refractivity contribution is 6.30. The van der Waals surface area contributed by atoms with Crippen LogP contribution < -0.4 is 0 Å². The quantitative estimate of drug-likeness (QED) is 0.419. The van der Waals surface area contributed by atoms with E-state index in [4.69, 9.17) is 27.9 Å². The van der Waals surface area contributed by atoms with Crippen LogP contribution >= 0.6 is 23.2 Å². The molecule has 0 bridgehead atoms. The van der Waals surface area contributed by atoms with Crippen molar-refractivity contribution in [2.75, 3.05) is 0 Å². The molecule has 0 radical (unpaired) electrons. The van der Waals surface area contributed by atoms with E-state index in [1.807, 2.05) is 0 Å². The lowest BCUT2D eigenvalue weighted by Gasteiger charge is -2.47. The first-order valence-electron chi connectivity index (χ1n) is 11.1. The second kappa shape index (κ2) is 10.4. The maximum Gasteiger partial charge on any atom is 0.418 e. The highest BCUT2D eigenvalue weighted by Crippen LogP contribution is 2.41. The van der Waals surface area contributed by atoms with E-state index in [2.05, 4.69) is 0 Å². The number of ether oxygens (including phenoxy) is 1. The Kier molecular flexibility index (Phi) is 8.09. The van der Waals surface area contributed by atoms with E-state index in [1.165, 1.54) is 6.92 Å². The number of nitrogens with zero attached hydrogens (tertiary/aromatic N) is 1. The van der Waals surface area contributed by atoms with Gasteiger partial charge in [0.05, 0.1) is 12.5 Å². The first-order chi connectivity index (χ1) is 16.3. The topological polar surface area (TPSA) is 66.8 Å². The molecule has 2 aromatic rings. The van der Waals surface area contributed by atoms with Crippen molar-refractivity contribution in [2.24, 2.45) is 0 Å². The van der Waals surface area contributed by atoms with Crippen LogP contribution in [0.15, 0.2) is 48.5 Å². The fourth-order valence-corrected chi connectivity index (χ4v) is 4.67. The molecule has 1 heterocycles. The van der Waals surface area contributed by atoms with Crippen molar-refractivity contribution < 1.29 is 32.6 Å². The van der Waals surface area contributed by atoms with Gasteiger partial charge in [-0.1, -0.05) is 54.4 Å². The fraction of sp³-hybridized carbons (Fsp3) is 0.440. The summed E-state index contributed by atoms with van der Waals surface area (Å²) in [5, 5.41) is 11.5. The van der Waals surface area contributed by atoms with Gasteiger partial charge in [-0.3, -0.25) is 9.59 Å². The maximum atomic E-state index is 13.8. The van der Waals surface area contributed by atoms with E-state index in [9.17, 15) is 27.9 Å². The molecule has 0 saturated carbocycles. The number of hydrogen-bond acceptors (Lipinski definition) is 4. The number of carbonyl (C=O) groups excluding carboxylic acids is 2. The van der Waals surface area contributed by atoms with Gasteiger partial charge in [-0.2, -0.15) is 13.2 Å². The summed E-state index contributed by atoms with van der Waals surface area (Å²) >= 11 is 12.0. The van der Waals surface area contributed by atoms with Gasteiger partial charge in [0, 0.05) is 23.0 Å². The Labute approximate surface area is 211 Å². The van der Waals surface area contributed by atoms with Gasteiger partial charge in [0.15, 0.2) is 5.60 Å². The lowest BCUT2D eigenvalue weighted by molar-refractivity contribution is -0.275. The molecule has 0 aliphatic carbocycles. The molecule has 1 N–H and O–H groups in total. The molecule has 3 rings (SSSR count). The average molecular weight is 532 g/mol. The zero-order chi connectivity index (χ0) is 26.0. The summed E-state index contributed by atoms with van der Waals surface area (Å²) in [6.07, 6.45) is -5.10. The predicted molar refractivity (Wildman–Crippen MR) is 126 cm³/mol. The number of esters is 1. The summed E-state index contributed by atoms with van der Waals surface area (Å²) in [5.41, 5.74) is -3.55. The van der Waals surface area contributed by atoms with E-state index >= 15 is 0 Å². The number of carbonyl (C=O) groups is 2. The van der Waals surface area contributed by atoms with Gasteiger partial charge >= 0.3 is 12.1 Å². The molecule has 0 aromatic heterocycles. The molecule has 1 aliphatic heterocycles. The molecule has 2 aromatic carbocycles. The third kappa shape index (κ3) is 5.93. The van der Waals surface area contributed by atoms with Crippen LogP contribution in [0, 0.1) is 0 Å². The van der Waals surface area contributed by atoms with Crippen molar-refractivity contribution in [1.29, 1.82) is 0 Å². The zero-order valence-electron chi connectivity index (χ0n) is 19.2. The lowest BCUT2D eigenvalue weighted by Crippen LogP contribution is -2.66. The number of aliphatic hydroxyl groups is 1. The summed E-state index contributed by atoms with van der Waals surface area (Å²) in [5.74, 6) is -1.41. The fourth-order valence-electron chi connectivity index (χ4n) is 4.33. The number of rotatable bonds is 9. The summed E-state index contributed by atoms with van der Waals surface area (Å²) in [6, 6.07) is 11.6. The minimum Gasteiger partial charge on any atom is -0.448 e. The standard InChI is InChI=1S/C25H26Cl2F3NO4/c1-3-20(23(2,34)25(28,29)30)31(15-17-7-9-18(26)10-8-17)22(33)24(14-21(32)35-24)12-11-16-5-4-6-19(27)13-16/h4-10,13,20,34H,3,11-12,14-15H2,1-2H3. The zero-order valence-corrected chi connectivity index (χ0v) is 20.8. The van der Waals surface area contributed by atoms with Crippen LogP contribution in [0.3, 0.4) is 0 Å². The molecule has 5 nitrogen and oxygen atoms in total. The summed E-state index contributed by atoms with van der Waals surface area (Å²) < 4.78 is 46.9. The van der Waals surface area contributed by atoms with Crippen LogP contribution in [0.1, 0.15) is 44.2 Å². The monoisotopic (exact) mass is 531 g/mol. The van der Waals surface area contributed by atoms with Crippen LogP contribution in [-0.4, -0.2) is 45.3 Å². The largest absolute Gasteiger partial charge is 0.448 e. The predicted octanol–water partition coefficient (Wildman–Crippen LogP) is 5.73. The molecule has 1 saturated heterocycles. The summed E-state index contributed by atoms with van der Waals surface area (Å²) in [4.78, 5) is 26.7. The first-order valence-corrected chi connectivity index (χ1v) is 11.9. The van der Waals surface area contributed by atoms with Gasteiger partial charge in [0.1, 0.15) is 0 Å².